The number of halogens is 1. The summed E-state index contributed by atoms with van der Waals surface area (Å²) < 4.78 is 11.5. The summed E-state index contributed by atoms with van der Waals surface area (Å²) in [5.41, 5.74) is 3.21. The van der Waals surface area contributed by atoms with E-state index in [0.717, 1.165) is 35.9 Å². The van der Waals surface area contributed by atoms with Crippen LogP contribution in [0.4, 0.5) is 11.6 Å². The number of aromatic amines is 1. The van der Waals surface area contributed by atoms with Gasteiger partial charge >= 0.3 is 0 Å². The molecule has 0 radical (unpaired) electrons. The van der Waals surface area contributed by atoms with E-state index in [-0.39, 0.29) is 24.0 Å². The van der Waals surface area contributed by atoms with E-state index in [1.54, 1.807) is 30.6 Å². The van der Waals surface area contributed by atoms with E-state index in [4.69, 9.17) is 26.1 Å². The summed E-state index contributed by atoms with van der Waals surface area (Å²) in [4.78, 5) is 43.8. The summed E-state index contributed by atoms with van der Waals surface area (Å²) in [7, 11) is 0. The number of carbonyl (C=O) groups excluding carboxylic acids is 2. The predicted molar refractivity (Wildman–Crippen MR) is 160 cm³/mol. The first-order chi connectivity index (χ1) is 20.5. The normalized spacial score (nSPS) is 17.3. The van der Waals surface area contributed by atoms with Crippen LogP contribution in [0.5, 0.6) is 5.75 Å². The molecule has 216 valence electrons. The van der Waals surface area contributed by atoms with Crippen LogP contribution in [-0.2, 0) is 9.53 Å². The molecule has 3 N–H and O–H groups in total. The van der Waals surface area contributed by atoms with Gasteiger partial charge in [-0.15, -0.1) is 0 Å². The number of nitrogens with zero attached hydrogens (tertiary/aromatic N) is 4. The van der Waals surface area contributed by atoms with Crippen LogP contribution < -0.4 is 15.4 Å². The number of pyridine rings is 1. The Morgan fingerprint density at radius 3 is 2.83 bits per heavy atom. The summed E-state index contributed by atoms with van der Waals surface area (Å²) in [5, 5.41) is 7.54. The molecular formula is C30H30ClN7O4. The topological polar surface area (TPSA) is 134 Å². The second kappa shape index (κ2) is 12.2. The zero-order chi connectivity index (χ0) is 29.1. The quantitative estimate of drug-likeness (QED) is 0.253. The maximum atomic E-state index is 13.4. The zero-order valence-corrected chi connectivity index (χ0v) is 23.6. The summed E-state index contributed by atoms with van der Waals surface area (Å²) in [6, 6.07) is 9.00. The third-order valence-corrected chi connectivity index (χ3v) is 7.70. The van der Waals surface area contributed by atoms with Gasteiger partial charge in [0.1, 0.15) is 17.5 Å². The van der Waals surface area contributed by atoms with E-state index in [1.807, 2.05) is 23.2 Å². The lowest BCUT2D eigenvalue weighted by Crippen LogP contribution is -2.42. The number of likely N-dealkylation sites (tertiary alicyclic amines) is 1. The van der Waals surface area contributed by atoms with Gasteiger partial charge in [0.2, 0.25) is 11.9 Å². The van der Waals surface area contributed by atoms with Gasteiger partial charge in [0.25, 0.3) is 5.91 Å². The van der Waals surface area contributed by atoms with Crippen LogP contribution in [0.15, 0.2) is 61.6 Å². The molecule has 1 aromatic carbocycles. The molecular weight excluding hydrogens is 558 g/mol. The molecule has 4 aromatic rings. The Labute approximate surface area is 247 Å². The van der Waals surface area contributed by atoms with E-state index >= 15 is 0 Å². The standard InChI is InChI=1S/C30H30ClN7O4/c1-2-26(39)36-24-6-5-18(14-25(24)42-20-9-13-41-17-20)29(40)38-11-7-19(8-12-38)35-30-34-16-23(31)27(37-30)22-15-33-28-21(22)4-3-10-32-28/h2-6,10,14-16,19-20H,1,7-9,11-13,17H2,(H,32,33)(H,36,39)(H,34,35,37). The molecule has 1 atom stereocenters. The Balaban J connectivity index is 1.11. The molecule has 0 spiro atoms. The molecule has 5 heterocycles. The molecule has 2 saturated heterocycles. The molecule has 1 unspecified atom stereocenters. The van der Waals surface area contributed by atoms with Crippen molar-refractivity contribution in [3.63, 3.8) is 0 Å². The predicted octanol–water partition coefficient (Wildman–Crippen LogP) is 4.68. The van der Waals surface area contributed by atoms with Crippen LogP contribution in [0.1, 0.15) is 29.6 Å². The highest BCUT2D eigenvalue weighted by molar-refractivity contribution is 6.33. The van der Waals surface area contributed by atoms with Crippen molar-refractivity contribution in [1.82, 2.24) is 24.8 Å². The minimum Gasteiger partial charge on any atom is -0.486 e. The van der Waals surface area contributed by atoms with Gasteiger partial charge in [-0.1, -0.05) is 18.2 Å². The highest BCUT2D eigenvalue weighted by Crippen LogP contribution is 2.32. The van der Waals surface area contributed by atoms with Crippen molar-refractivity contribution in [3.8, 4) is 17.0 Å². The Kier molecular flexibility index (Phi) is 8.02. The van der Waals surface area contributed by atoms with Gasteiger partial charge in [-0.3, -0.25) is 9.59 Å². The van der Waals surface area contributed by atoms with Gasteiger partial charge < -0.3 is 30.0 Å². The number of piperidine rings is 1. The van der Waals surface area contributed by atoms with Crippen LogP contribution in [0.3, 0.4) is 0 Å². The molecule has 3 aromatic heterocycles. The number of hydrogen-bond donors (Lipinski definition) is 3. The second-order valence-corrected chi connectivity index (χ2v) is 10.6. The van der Waals surface area contributed by atoms with E-state index in [9.17, 15) is 9.59 Å². The summed E-state index contributed by atoms with van der Waals surface area (Å²) in [6.07, 6.45) is 8.41. The average Bonchev–Trinajstić information content (AvgIpc) is 3.69. The summed E-state index contributed by atoms with van der Waals surface area (Å²) in [5.74, 6) is 0.462. The van der Waals surface area contributed by atoms with E-state index < -0.39 is 0 Å². The molecule has 2 amide bonds. The van der Waals surface area contributed by atoms with Crippen molar-refractivity contribution in [3.05, 3.63) is 72.2 Å². The lowest BCUT2D eigenvalue weighted by atomic mass is 10.0. The fourth-order valence-corrected chi connectivity index (χ4v) is 5.39. The van der Waals surface area contributed by atoms with E-state index in [2.05, 4.69) is 32.2 Å². The molecule has 0 aliphatic carbocycles. The van der Waals surface area contributed by atoms with Gasteiger partial charge in [0.05, 0.1) is 35.8 Å². The molecule has 42 heavy (non-hydrogen) atoms. The van der Waals surface area contributed by atoms with Gasteiger partial charge in [-0.25, -0.2) is 15.0 Å². The summed E-state index contributed by atoms with van der Waals surface area (Å²) >= 11 is 6.47. The molecule has 0 bridgehead atoms. The van der Waals surface area contributed by atoms with Crippen LogP contribution in [0.25, 0.3) is 22.3 Å². The van der Waals surface area contributed by atoms with Gasteiger partial charge in [-0.2, -0.15) is 0 Å². The van der Waals surface area contributed by atoms with Crippen molar-refractivity contribution in [2.75, 3.05) is 36.9 Å². The van der Waals surface area contributed by atoms with Crippen LogP contribution >= 0.6 is 11.6 Å². The Hall–Kier alpha value is -4.48. The highest BCUT2D eigenvalue weighted by Gasteiger charge is 2.26. The van der Waals surface area contributed by atoms with Crippen LogP contribution in [0.2, 0.25) is 5.02 Å². The third-order valence-electron chi connectivity index (χ3n) is 7.42. The number of carbonyl (C=O) groups is 2. The smallest absolute Gasteiger partial charge is 0.253 e. The second-order valence-electron chi connectivity index (χ2n) is 10.2. The number of anilines is 2. The fraction of sp³-hybridized carbons (Fsp3) is 0.300. The minimum atomic E-state index is -0.355. The number of amides is 2. The summed E-state index contributed by atoms with van der Waals surface area (Å²) in [6.45, 7) is 5.71. The Morgan fingerprint density at radius 2 is 2.05 bits per heavy atom. The fourth-order valence-electron chi connectivity index (χ4n) is 5.19. The van der Waals surface area contributed by atoms with Gasteiger partial charge in [-0.05, 0) is 49.2 Å². The van der Waals surface area contributed by atoms with Gasteiger partial charge in [0, 0.05) is 54.5 Å². The van der Waals surface area contributed by atoms with Crippen molar-refractivity contribution in [1.29, 1.82) is 0 Å². The monoisotopic (exact) mass is 587 g/mol. The van der Waals surface area contributed by atoms with Crippen LogP contribution in [0, 0.1) is 0 Å². The number of ether oxygens (including phenoxy) is 2. The van der Waals surface area contributed by atoms with Crippen LogP contribution in [-0.4, -0.2) is 75.1 Å². The molecule has 2 aliphatic heterocycles. The van der Waals surface area contributed by atoms with Crippen molar-refractivity contribution >= 4 is 46.1 Å². The van der Waals surface area contributed by atoms with E-state index in [1.165, 1.54) is 6.08 Å². The molecule has 0 saturated carbocycles. The van der Waals surface area contributed by atoms with Crippen molar-refractivity contribution in [2.45, 2.75) is 31.4 Å². The maximum absolute atomic E-state index is 13.4. The molecule has 6 rings (SSSR count). The van der Waals surface area contributed by atoms with E-state index in [0.29, 0.717) is 60.0 Å². The number of nitrogens with one attached hydrogen (secondary N) is 3. The number of benzene rings is 1. The Morgan fingerprint density at radius 1 is 1.19 bits per heavy atom. The molecule has 2 aliphatic rings. The first-order valence-electron chi connectivity index (χ1n) is 13.8. The number of fused-ring (bicyclic) bond motifs is 1. The average molecular weight is 588 g/mol. The molecule has 2 fully saturated rings. The van der Waals surface area contributed by atoms with Crippen molar-refractivity contribution in [2.24, 2.45) is 0 Å². The molecule has 12 heteroatoms. The zero-order valence-electron chi connectivity index (χ0n) is 22.8. The maximum Gasteiger partial charge on any atom is 0.253 e. The lowest BCUT2D eigenvalue weighted by Gasteiger charge is -2.32. The molecule has 11 nitrogen and oxygen atoms in total. The number of aromatic nitrogens is 4. The number of hydrogen-bond acceptors (Lipinski definition) is 8. The Bertz CT molecular complexity index is 1630. The highest BCUT2D eigenvalue weighted by atomic mass is 35.5. The SMILES string of the molecule is C=CC(=O)Nc1ccc(C(=O)N2CCC(Nc3ncc(Cl)c(-c4c[nH]c5ncccc45)n3)CC2)cc1OC1CCOC1. The number of H-pyrrole nitrogens is 1. The lowest BCUT2D eigenvalue weighted by molar-refractivity contribution is -0.111. The number of rotatable bonds is 8. The van der Waals surface area contributed by atoms with Gasteiger partial charge in [0.15, 0.2) is 0 Å². The largest absolute Gasteiger partial charge is 0.486 e. The first-order valence-corrected chi connectivity index (χ1v) is 14.2. The third kappa shape index (κ3) is 5.93. The minimum absolute atomic E-state index is 0.0884. The van der Waals surface area contributed by atoms with Crippen molar-refractivity contribution < 1.29 is 19.1 Å². The first kappa shape index (κ1) is 27.7.